The van der Waals surface area contributed by atoms with Crippen molar-refractivity contribution in [3.8, 4) is 5.75 Å². The highest BCUT2D eigenvalue weighted by atomic mass is 32.2. The number of aryl methyl sites for hydroxylation is 1. The van der Waals surface area contributed by atoms with Crippen molar-refractivity contribution >= 4 is 10.0 Å². The number of hydrogen-bond acceptors (Lipinski definition) is 4. The number of rotatable bonds is 5. The van der Waals surface area contributed by atoms with Crippen molar-refractivity contribution in [3.05, 3.63) is 23.8 Å². The van der Waals surface area contributed by atoms with Gasteiger partial charge >= 0.3 is 0 Å². The molecule has 0 aromatic heterocycles. The van der Waals surface area contributed by atoms with Crippen LogP contribution in [0, 0.1) is 12.8 Å². The molecule has 5 nitrogen and oxygen atoms in total. The summed E-state index contributed by atoms with van der Waals surface area (Å²) >= 11 is 0. The number of nitrogens with zero attached hydrogens (tertiary/aromatic N) is 1. The van der Waals surface area contributed by atoms with Gasteiger partial charge in [0, 0.05) is 13.1 Å². The smallest absolute Gasteiger partial charge is 0.243 e. The third kappa shape index (κ3) is 2.97. The summed E-state index contributed by atoms with van der Waals surface area (Å²) in [4.78, 5) is 0.330. The van der Waals surface area contributed by atoms with E-state index in [9.17, 15) is 8.42 Å². The van der Waals surface area contributed by atoms with E-state index in [2.05, 4.69) is 0 Å². The van der Waals surface area contributed by atoms with Crippen LogP contribution in [0.4, 0.5) is 0 Å². The van der Waals surface area contributed by atoms with E-state index in [-0.39, 0.29) is 5.92 Å². The SMILES string of the molecule is CCOc1ccc(S(=O)(=O)N2CCC(CN)C2)cc1C. The molecular formula is C14H22N2O3S. The second-order valence-corrected chi connectivity index (χ2v) is 7.05. The first-order chi connectivity index (χ1) is 9.48. The first-order valence-electron chi connectivity index (χ1n) is 6.92. The predicted molar refractivity (Wildman–Crippen MR) is 78.3 cm³/mol. The summed E-state index contributed by atoms with van der Waals surface area (Å²) in [6.07, 6.45) is 0.839. The lowest BCUT2D eigenvalue weighted by Gasteiger charge is -2.17. The Morgan fingerprint density at radius 1 is 1.45 bits per heavy atom. The van der Waals surface area contributed by atoms with Crippen LogP contribution >= 0.6 is 0 Å². The molecule has 1 fully saturated rings. The van der Waals surface area contributed by atoms with Gasteiger partial charge in [0.1, 0.15) is 5.75 Å². The van der Waals surface area contributed by atoms with Crippen LogP contribution in [0.15, 0.2) is 23.1 Å². The first kappa shape index (κ1) is 15.3. The van der Waals surface area contributed by atoms with Crippen LogP contribution in [0.25, 0.3) is 0 Å². The third-order valence-electron chi connectivity index (χ3n) is 3.67. The molecular weight excluding hydrogens is 276 g/mol. The van der Waals surface area contributed by atoms with E-state index < -0.39 is 10.0 Å². The van der Waals surface area contributed by atoms with Gasteiger partial charge in [-0.2, -0.15) is 4.31 Å². The lowest BCUT2D eigenvalue weighted by molar-refractivity contribution is 0.337. The Kier molecular flexibility index (Phi) is 4.67. The van der Waals surface area contributed by atoms with E-state index in [1.165, 1.54) is 4.31 Å². The minimum absolute atomic E-state index is 0.272. The quantitative estimate of drug-likeness (QED) is 0.891. The van der Waals surface area contributed by atoms with Gasteiger partial charge in [-0.1, -0.05) is 0 Å². The molecule has 0 spiro atoms. The lowest BCUT2D eigenvalue weighted by Crippen LogP contribution is -2.30. The van der Waals surface area contributed by atoms with E-state index in [1.54, 1.807) is 18.2 Å². The summed E-state index contributed by atoms with van der Waals surface area (Å²) < 4.78 is 32.1. The summed E-state index contributed by atoms with van der Waals surface area (Å²) in [5, 5.41) is 0. The second kappa shape index (κ2) is 6.11. The maximum absolute atomic E-state index is 12.6. The Bertz CT molecular complexity index is 572. The van der Waals surface area contributed by atoms with Crippen LogP contribution in [0.5, 0.6) is 5.75 Å². The van der Waals surface area contributed by atoms with E-state index in [4.69, 9.17) is 10.5 Å². The Hall–Kier alpha value is -1.11. The van der Waals surface area contributed by atoms with Crippen molar-refractivity contribution in [2.24, 2.45) is 11.7 Å². The van der Waals surface area contributed by atoms with Gasteiger partial charge in [-0.3, -0.25) is 0 Å². The highest BCUT2D eigenvalue weighted by Crippen LogP contribution is 2.27. The first-order valence-corrected chi connectivity index (χ1v) is 8.36. The minimum atomic E-state index is -3.41. The molecule has 1 unspecified atom stereocenters. The zero-order valence-corrected chi connectivity index (χ0v) is 12.8. The Morgan fingerprint density at radius 2 is 2.20 bits per heavy atom. The van der Waals surface area contributed by atoms with Crippen molar-refractivity contribution in [1.82, 2.24) is 4.31 Å². The summed E-state index contributed by atoms with van der Waals surface area (Å²) in [5.74, 6) is 1.00. The lowest BCUT2D eigenvalue weighted by atomic mass is 10.1. The maximum Gasteiger partial charge on any atom is 0.243 e. The molecule has 112 valence electrons. The predicted octanol–water partition coefficient (Wildman–Crippen LogP) is 1.36. The number of ether oxygens (including phenoxy) is 1. The van der Waals surface area contributed by atoms with Crippen LogP contribution < -0.4 is 10.5 Å². The molecule has 1 aromatic carbocycles. The van der Waals surface area contributed by atoms with Gasteiger partial charge < -0.3 is 10.5 Å². The zero-order valence-electron chi connectivity index (χ0n) is 12.0. The molecule has 6 heteroatoms. The molecule has 0 saturated carbocycles. The largest absolute Gasteiger partial charge is 0.494 e. The van der Waals surface area contributed by atoms with Crippen LogP contribution in [0.2, 0.25) is 0 Å². The number of sulfonamides is 1. The van der Waals surface area contributed by atoms with Gasteiger partial charge in [-0.25, -0.2) is 8.42 Å². The molecule has 0 radical (unpaired) electrons. The van der Waals surface area contributed by atoms with Gasteiger partial charge in [0.05, 0.1) is 11.5 Å². The standard InChI is InChI=1S/C14H22N2O3S/c1-3-19-14-5-4-13(8-11(14)2)20(17,18)16-7-6-12(9-15)10-16/h4-5,8,12H,3,6-7,9-10,15H2,1-2H3. The van der Waals surface area contributed by atoms with E-state index in [1.807, 2.05) is 13.8 Å². The van der Waals surface area contributed by atoms with Gasteiger partial charge in [-0.05, 0) is 56.5 Å². The molecule has 20 heavy (non-hydrogen) atoms. The van der Waals surface area contributed by atoms with Crippen molar-refractivity contribution in [2.75, 3.05) is 26.2 Å². The molecule has 1 atom stereocenters. The van der Waals surface area contributed by atoms with E-state index in [0.29, 0.717) is 31.1 Å². The third-order valence-corrected chi connectivity index (χ3v) is 5.53. The summed E-state index contributed by atoms with van der Waals surface area (Å²) in [5.41, 5.74) is 6.45. The monoisotopic (exact) mass is 298 g/mol. The fourth-order valence-corrected chi connectivity index (χ4v) is 4.07. The average Bonchev–Trinajstić information content (AvgIpc) is 2.90. The summed E-state index contributed by atoms with van der Waals surface area (Å²) in [7, 11) is -3.41. The average molecular weight is 298 g/mol. The summed E-state index contributed by atoms with van der Waals surface area (Å²) in [6, 6.07) is 5.02. The molecule has 1 heterocycles. The van der Waals surface area contributed by atoms with Gasteiger partial charge in [0.2, 0.25) is 10.0 Å². The van der Waals surface area contributed by atoms with Crippen molar-refractivity contribution in [2.45, 2.75) is 25.2 Å². The molecule has 0 bridgehead atoms. The van der Waals surface area contributed by atoms with Gasteiger partial charge in [-0.15, -0.1) is 0 Å². The Balaban J connectivity index is 2.24. The van der Waals surface area contributed by atoms with Crippen molar-refractivity contribution < 1.29 is 13.2 Å². The Labute approximate surface area is 120 Å². The molecule has 1 aromatic rings. The highest BCUT2D eigenvalue weighted by molar-refractivity contribution is 7.89. The van der Waals surface area contributed by atoms with Crippen LogP contribution in [-0.4, -0.2) is 39.0 Å². The topological polar surface area (TPSA) is 72.6 Å². The van der Waals surface area contributed by atoms with Crippen LogP contribution in [-0.2, 0) is 10.0 Å². The van der Waals surface area contributed by atoms with Crippen LogP contribution in [0.3, 0.4) is 0 Å². The zero-order chi connectivity index (χ0) is 14.8. The van der Waals surface area contributed by atoms with Gasteiger partial charge in [0.15, 0.2) is 0 Å². The molecule has 1 aliphatic rings. The maximum atomic E-state index is 12.6. The van der Waals surface area contributed by atoms with Crippen molar-refractivity contribution in [3.63, 3.8) is 0 Å². The molecule has 1 aliphatic heterocycles. The molecule has 2 N–H and O–H groups in total. The fraction of sp³-hybridized carbons (Fsp3) is 0.571. The van der Waals surface area contributed by atoms with Crippen LogP contribution in [0.1, 0.15) is 18.9 Å². The van der Waals surface area contributed by atoms with Gasteiger partial charge in [0.25, 0.3) is 0 Å². The molecule has 0 aliphatic carbocycles. The number of hydrogen-bond donors (Lipinski definition) is 1. The minimum Gasteiger partial charge on any atom is -0.494 e. The molecule has 0 amide bonds. The number of benzene rings is 1. The van der Waals surface area contributed by atoms with E-state index >= 15 is 0 Å². The molecule has 1 saturated heterocycles. The second-order valence-electron chi connectivity index (χ2n) is 5.11. The molecule has 2 rings (SSSR count). The van der Waals surface area contributed by atoms with E-state index in [0.717, 1.165) is 17.7 Å². The normalized spacial score (nSPS) is 20.2. The highest BCUT2D eigenvalue weighted by Gasteiger charge is 2.32. The Morgan fingerprint density at radius 3 is 2.75 bits per heavy atom. The fourth-order valence-electron chi connectivity index (χ4n) is 2.46. The number of nitrogens with two attached hydrogens (primary N) is 1. The summed E-state index contributed by atoms with van der Waals surface area (Å²) in [6.45, 7) is 5.94. The van der Waals surface area contributed by atoms with Crippen molar-refractivity contribution in [1.29, 1.82) is 0 Å².